The molecule has 2 rings (SSSR count). The van der Waals surface area contributed by atoms with Gasteiger partial charge in [-0.05, 0) is 43.7 Å². The molecule has 76 valence electrons. The monoisotopic (exact) mass is 194 g/mol. The zero-order valence-electron chi connectivity index (χ0n) is 8.52. The minimum atomic E-state index is -0.131. The molecule has 1 unspecified atom stereocenters. The van der Waals surface area contributed by atoms with Gasteiger partial charge in [0, 0.05) is 18.3 Å². The summed E-state index contributed by atoms with van der Waals surface area (Å²) >= 11 is 0. The van der Waals surface area contributed by atoms with Gasteiger partial charge in [0.25, 0.3) is 0 Å². The minimum Gasteiger partial charge on any atom is -0.385 e. The van der Waals surface area contributed by atoms with E-state index < -0.39 is 0 Å². The molecule has 0 bridgehead atoms. The number of hydrogen-bond acceptors (Lipinski definition) is 2. The van der Waals surface area contributed by atoms with E-state index in [2.05, 4.69) is 10.6 Å². The molecule has 1 aromatic carbocycles. The molecule has 0 spiro atoms. The standard InChI is InChI=1S/C11H15FN2/c1-7-5-8-10(13-2)3-4-14-11(8)6-9(7)12/h5-6,10,13-14H,3-4H2,1-2H3. The summed E-state index contributed by atoms with van der Waals surface area (Å²) in [7, 11) is 1.94. The first-order valence-electron chi connectivity index (χ1n) is 4.93. The first-order valence-corrected chi connectivity index (χ1v) is 4.93. The van der Waals surface area contributed by atoms with Crippen LogP contribution in [-0.4, -0.2) is 13.6 Å². The average Bonchev–Trinajstić information content (AvgIpc) is 2.19. The minimum absolute atomic E-state index is 0.131. The molecule has 0 aliphatic carbocycles. The van der Waals surface area contributed by atoms with Gasteiger partial charge in [0.2, 0.25) is 0 Å². The van der Waals surface area contributed by atoms with E-state index in [1.54, 1.807) is 13.0 Å². The van der Waals surface area contributed by atoms with Crippen molar-refractivity contribution in [1.29, 1.82) is 0 Å². The van der Waals surface area contributed by atoms with Crippen LogP contribution in [0.2, 0.25) is 0 Å². The van der Waals surface area contributed by atoms with E-state index in [4.69, 9.17) is 0 Å². The van der Waals surface area contributed by atoms with Gasteiger partial charge in [-0.25, -0.2) is 4.39 Å². The van der Waals surface area contributed by atoms with E-state index in [1.165, 1.54) is 5.56 Å². The maximum Gasteiger partial charge on any atom is 0.128 e. The second-order valence-corrected chi connectivity index (χ2v) is 3.75. The molecule has 2 N–H and O–H groups in total. The molecule has 0 aromatic heterocycles. The Balaban J connectivity index is 2.47. The van der Waals surface area contributed by atoms with E-state index in [1.807, 2.05) is 13.1 Å². The second-order valence-electron chi connectivity index (χ2n) is 3.75. The van der Waals surface area contributed by atoms with Crippen LogP contribution in [0, 0.1) is 12.7 Å². The van der Waals surface area contributed by atoms with Gasteiger partial charge >= 0.3 is 0 Å². The molecular formula is C11H15FN2. The van der Waals surface area contributed by atoms with Crippen molar-refractivity contribution in [1.82, 2.24) is 5.32 Å². The van der Waals surface area contributed by atoms with Gasteiger partial charge in [-0.15, -0.1) is 0 Å². The third-order valence-electron chi connectivity index (χ3n) is 2.80. The number of anilines is 1. The Labute approximate surface area is 83.5 Å². The summed E-state index contributed by atoms with van der Waals surface area (Å²) in [6, 6.07) is 3.87. The lowest BCUT2D eigenvalue weighted by Crippen LogP contribution is -2.25. The summed E-state index contributed by atoms with van der Waals surface area (Å²) in [5.41, 5.74) is 2.82. The fourth-order valence-electron chi connectivity index (χ4n) is 1.95. The van der Waals surface area contributed by atoms with Crippen LogP contribution >= 0.6 is 0 Å². The Hall–Kier alpha value is -1.09. The van der Waals surface area contributed by atoms with E-state index >= 15 is 0 Å². The fourth-order valence-corrected chi connectivity index (χ4v) is 1.95. The Morgan fingerprint density at radius 1 is 1.50 bits per heavy atom. The lowest BCUT2D eigenvalue weighted by Gasteiger charge is -2.26. The summed E-state index contributed by atoms with van der Waals surface area (Å²) in [5, 5.41) is 6.46. The first-order chi connectivity index (χ1) is 6.72. The predicted octanol–water partition coefficient (Wildman–Crippen LogP) is 2.21. The van der Waals surface area contributed by atoms with Gasteiger partial charge < -0.3 is 10.6 Å². The van der Waals surface area contributed by atoms with Crippen molar-refractivity contribution in [3.8, 4) is 0 Å². The van der Waals surface area contributed by atoms with Gasteiger partial charge in [0.15, 0.2) is 0 Å². The summed E-state index contributed by atoms with van der Waals surface area (Å²) in [6.45, 7) is 2.71. The quantitative estimate of drug-likeness (QED) is 0.716. The maximum atomic E-state index is 13.3. The van der Waals surface area contributed by atoms with Crippen LogP contribution < -0.4 is 10.6 Å². The predicted molar refractivity (Wildman–Crippen MR) is 56.0 cm³/mol. The summed E-state index contributed by atoms with van der Waals surface area (Å²) in [5.74, 6) is -0.131. The van der Waals surface area contributed by atoms with Crippen LogP contribution in [0.5, 0.6) is 0 Å². The Kier molecular flexibility index (Phi) is 2.42. The Bertz CT molecular complexity index is 349. The summed E-state index contributed by atoms with van der Waals surface area (Å²) in [4.78, 5) is 0. The summed E-state index contributed by atoms with van der Waals surface area (Å²) in [6.07, 6.45) is 1.05. The SMILES string of the molecule is CNC1CCNc2cc(F)c(C)cc21. The van der Waals surface area contributed by atoms with Crippen molar-refractivity contribution in [3.05, 3.63) is 29.1 Å². The number of nitrogens with one attached hydrogen (secondary N) is 2. The molecule has 3 heteroatoms. The molecule has 0 fully saturated rings. The van der Waals surface area contributed by atoms with Crippen molar-refractivity contribution in [3.63, 3.8) is 0 Å². The number of benzene rings is 1. The smallest absolute Gasteiger partial charge is 0.128 e. The zero-order chi connectivity index (χ0) is 10.1. The van der Waals surface area contributed by atoms with Crippen molar-refractivity contribution in [2.75, 3.05) is 18.9 Å². The van der Waals surface area contributed by atoms with Gasteiger partial charge in [-0.2, -0.15) is 0 Å². The highest BCUT2D eigenvalue weighted by Crippen LogP contribution is 2.31. The molecule has 0 amide bonds. The number of fused-ring (bicyclic) bond motifs is 1. The lowest BCUT2D eigenvalue weighted by molar-refractivity contribution is 0.546. The number of halogens is 1. The molecule has 0 saturated carbocycles. The number of hydrogen-bond donors (Lipinski definition) is 2. The Morgan fingerprint density at radius 3 is 3.00 bits per heavy atom. The van der Waals surface area contributed by atoms with Gasteiger partial charge in [0.05, 0.1) is 0 Å². The van der Waals surface area contributed by atoms with Crippen LogP contribution in [0.3, 0.4) is 0 Å². The molecule has 14 heavy (non-hydrogen) atoms. The van der Waals surface area contributed by atoms with Gasteiger partial charge in [-0.3, -0.25) is 0 Å². The number of aryl methyl sites for hydroxylation is 1. The van der Waals surface area contributed by atoms with Crippen LogP contribution in [0.1, 0.15) is 23.6 Å². The highest BCUT2D eigenvalue weighted by Gasteiger charge is 2.19. The van der Waals surface area contributed by atoms with Gasteiger partial charge in [-0.1, -0.05) is 0 Å². The van der Waals surface area contributed by atoms with Crippen molar-refractivity contribution in [2.45, 2.75) is 19.4 Å². The van der Waals surface area contributed by atoms with Crippen LogP contribution in [-0.2, 0) is 0 Å². The highest BCUT2D eigenvalue weighted by molar-refractivity contribution is 5.56. The molecule has 1 aliphatic heterocycles. The van der Waals surface area contributed by atoms with E-state index in [0.717, 1.165) is 18.7 Å². The molecule has 1 aromatic rings. The zero-order valence-corrected chi connectivity index (χ0v) is 8.52. The fraction of sp³-hybridized carbons (Fsp3) is 0.455. The summed E-state index contributed by atoms with van der Waals surface area (Å²) < 4.78 is 13.3. The van der Waals surface area contributed by atoms with E-state index in [0.29, 0.717) is 11.6 Å². The Morgan fingerprint density at radius 2 is 2.29 bits per heavy atom. The normalized spacial score (nSPS) is 20.1. The molecule has 1 aliphatic rings. The largest absolute Gasteiger partial charge is 0.385 e. The first kappa shape index (κ1) is 9.46. The topological polar surface area (TPSA) is 24.1 Å². The lowest BCUT2D eigenvalue weighted by atomic mass is 9.96. The molecule has 2 nitrogen and oxygen atoms in total. The third kappa shape index (κ3) is 1.48. The molecule has 0 radical (unpaired) electrons. The molecule has 1 atom stereocenters. The van der Waals surface area contributed by atoms with Crippen molar-refractivity contribution >= 4 is 5.69 Å². The van der Waals surface area contributed by atoms with E-state index in [-0.39, 0.29) is 5.82 Å². The van der Waals surface area contributed by atoms with Crippen LogP contribution in [0.4, 0.5) is 10.1 Å². The third-order valence-corrected chi connectivity index (χ3v) is 2.80. The molecular weight excluding hydrogens is 179 g/mol. The van der Waals surface area contributed by atoms with Gasteiger partial charge in [0.1, 0.15) is 5.82 Å². The highest BCUT2D eigenvalue weighted by atomic mass is 19.1. The van der Waals surface area contributed by atoms with E-state index in [9.17, 15) is 4.39 Å². The maximum absolute atomic E-state index is 13.3. The van der Waals surface area contributed by atoms with Crippen LogP contribution in [0.15, 0.2) is 12.1 Å². The average molecular weight is 194 g/mol. The van der Waals surface area contributed by atoms with Crippen LogP contribution in [0.25, 0.3) is 0 Å². The molecule has 0 saturated heterocycles. The second kappa shape index (κ2) is 3.58. The number of rotatable bonds is 1. The molecule has 1 heterocycles. The van der Waals surface area contributed by atoms with Crippen molar-refractivity contribution < 1.29 is 4.39 Å². The van der Waals surface area contributed by atoms with Crippen molar-refractivity contribution in [2.24, 2.45) is 0 Å².